The van der Waals surface area contributed by atoms with Crippen LogP contribution in [0.5, 0.6) is 0 Å². The molecule has 0 aromatic heterocycles. The lowest BCUT2D eigenvalue weighted by atomic mass is 10.1. The van der Waals surface area contributed by atoms with Gasteiger partial charge in [-0.1, -0.05) is 18.2 Å². The molecule has 7 nitrogen and oxygen atoms in total. The number of amides is 3. The molecule has 0 spiro atoms. The van der Waals surface area contributed by atoms with Crippen LogP contribution in [0.4, 0.5) is 11.4 Å². The van der Waals surface area contributed by atoms with Crippen LogP contribution >= 0.6 is 0 Å². The van der Waals surface area contributed by atoms with E-state index in [1.54, 1.807) is 48.5 Å². The van der Waals surface area contributed by atoms with E-state index >= 15 is 0 Å². The van der Waals surface area contributed by atoms with E-state index in [2.05, 4.69) is 10.6 Å². The first-order valence-electron chi connectivity index (χ1n) is 8.80. The maximum absolute atomic E-state index is 12.6. The molecule has 2 heterocycles. The van der Waals surface area contributed by atoms with E-state index in [0.29, 0.717) is 35.7 Å². The Hall–Kier alpha value is -3.03. The fourth-order valence-electron chi connectivity index (χ4n) is 3.39. The summed E-state index contributed by atoms with van der Waals surface area (Å²) in [5, 5.41) is 5.95. The van der Waals surface area contributed by atoms with Gasteiger partial charge in [0.05, 0.1) is 29.5 Å². The van der Waals surface area contributed by atoms with Crippen molar-refractivity contribution in [2.45, 2.75) is 19.1 Å². The Bertz CT molecular complexity index is 892. The molecule has 0 saturated carbocycles. The van der Waals surface area contributed by atoms with Crippen LogP contribution in [0.15, 0.2) is 48.5 Å². The molecule has 4 rings (SSSR count). The Labute approximate surface area is 156 Å². The highest BCUT2D eigenvalue weighted by molar-refractivity contribution is 6.34. The van der Waals surface area contributed by atoms with Crippen LogP contribution in [-0.2, 0) is 9.53 Å². The number of morpholine rings is 1. The third-order valence-electron chi connectivity index (χ3n) is 4.76. The number of nitrogens with one attached hydrogen (secondary N) is 2. The van der Waals surface area contributed by atoms with E-state index in [9.17, 15) is 14.4 Å². The quantitative estimate of drug-likeness (QED) is 0.810. The summed E-state index contributed by atoms with van der Waals surface area (Å²) >= 11 is 0. The third kappa shape index (κ3) is 3.11. The minimum atomic E-state index is -0.457. The summed E-state index contributed by atoms with van der Waals surface area (Å²) in [4.78, 5) is 38.9. The molecule has 0 bridgehead atoms. The Morgan fingerprint density at radius 2 is 1.81 bits per heavy atom. The molecule has 0 radical (unpaired) electrons. The minimum Gasteiger partial charge on any atom is -0.375 e. The largest absolute Gasteiger partial charge is 0.375 e. The van der Waals surface area contributed by atoms with Gasteiger partial charge in [0, 0.05) is 12.2 Å². The average Bonchev–Trinajstić information content (AvgIpc) is 2.93. The van der Waals surface area contributed by atoms with Crippen LogP contribution < -0.4 is 15.5 Å². The highest BCUT2D eigenvalue weighted by atomic mass is 16.5. The van der Waals surface area contributed by atoms with E-state index in [1.807, 2.05) is 6.92 Å². The molecule has 138 valence electrons. The van der Waals surface area contributed by atoms with E-state index in [0.717, 1.165) is 4.90 Å². The lowest BCUT2D eigenvalue weighted by Gasteiger charge is -2.29. The van der Waals surface area contributed by atoms with E-state index in [-0.39, 0.29) is 23.8 Å². The van der Waals surface area contributed by atoms with Gasteiger partial charge in [-0.15, -0.1) is 0 Å². The molecule has 0 aliphatic carbocycles. The summed E-state index contributed by atoms with van der Waals surface area (Å²) < 4.78 is 5.50. The van der Waals surface area contributed by atoms with Crippen LogP contribution in [0, 0.1) is 0 Å². The molecule has 7 heteroatoms. The van der Waals surface area contributed by atoms with Gasteiger partial charge in [-0.2, -0.15) is 0 Å². The zero-order valence-corrected chi connectivity index (χ0v) is 14.8. The van der Waals surface area contributed by atoms with Crippen LogP contribution in [0.3, 0.4) is 0 Å². The highest BCUT2D eigenvalue weighted by Gasteiger charge is 2.36. The van der Waals surface area contributed by atoms with Crippen LogP contribution in [-0.4, -0.2) is 43.0 Å². The Morgan fingerprint density at radius 3 is 2.48 bits per heavy atom. The molecular formula is C20H19N3O4. The smallest absolute Gasteiger partial charge is 0.266 e. The fraction of sp³-hybridized carbons (Fsp3) is 0.250. The number of imide groups is 1. The monoisotopic (exact) mass is 365 g/mol. The van der Waals surface area contributed by atoms with Crippen molar-refractivity contribution in [3.8, 4) is 0 Å². The van der Waals surface area contributed by atoms with Gasteiger partial charge in [0.15, 0.2) is 0 Å². The van der Waals surface area contributed by atoms with Crippen LogP contribution in [0.1, 0.15) is 27.6 Å². The number of rotatable bonds is 3. The molecule has 1 fully saturated rings. The number of carbonyl (C=O) groups is 3. The number of benzene rings is 2. The molecule has 2 atom stereocenters. The van der Waals surface area contributed by atoms with E-state index in [4.69, 9.17) is 4.74 Å². The maximum Gasteiger partial charge on any atom is 0.266 e. The van der Waals surface area contributed by atoms with Crippen LogP contribution in [0.2, 0.25) is 0 Å². The van der Waals surface area contributed by atoms with Crippen molar-refractivity contribution < 1.29 is 19.1 Å². The SMILES string of the molecule is C[C@H]1OCCN[C@@H]1C(=O)Nc1cccc(N2C(=O)c3ccccc3C2=O)c1. The Morgan fingerprint density at radius 1 is 1.11 bits per heavy atom. The number of hydrogen-bond donors (Lipinski definition) is 2. The van der Waals surface area contributed by atoms with Crippen molar-refractivity contribution in [1.29, 1.82) is 0 Å². The number of anilines is 2. The number of fused-ring (bicyclic) bond motifs is 1. The highest BCUT2D eigenvalue weighted by Crippen LogP contribution is 2.29. The zero-order chi connectivity index (χ0) is 19.0. The number of carbonyl (C=O) groups excluding carboxylic acids is 3. The molecule has 2 aliphatic heterocycles. The van der Waals surface area contributed by atoms with Crippen LogP contribution in [0.25, 0.3) is 0 Å². The van der Waals surface area contributed by atoms with Crippen molar-refractivity contribution in [3.05, 3.63) is 59.7 Å². The summed E-state index contributed by atoms with van der Waals surface area (Å²) in [7, 11) is 0. The van der Waals surface area contributed by atoms with Crippen molar-refractivity contribution in [2.75, 3.05) is 23.4 Å². The molecule has 2 aromatic rings. The normalized spacial score (nSPS) is 21.9. The minimum absolute atomic E-state index is 0.221. The third-order valence-corrected chi connectivity index (χ3v) is 4.76. The van der Waals surface area contributed by atoms with E-state index in [1.165, 1.54) is 0 Å². The summed E-state index contributed by atoms with van der Waals surface area (Å²) in [5.41, 5.74) is 1.69. The molecule has 1 saturated heterocycles. The average molecular weight is 365 g/mol. The molecule has 3 amide bonds. The van der Waals surface area contributed by atoms with Gasteiger partial charge < -0.3 is 15.4 Å². The van der Waals surface area contributed by atoms with Gasteiger partial charge >= 0.3 is 0 Å². The first-order chi connectivity index (χ1) is 13.1. The first-order valence-corrected chi connectivity index (χ1v) is 8.80. The summed E-state index contributed by atoms with van der Waals surface area (Å²) in [6, 6.07) is 13.0. The number of hydrogen-bond acceptors (Lipinski definition) is 5. The second kappa shape index (κ2) is 6.94. The maximum atomic E-state index is 12.6. The van der Waals surface area contributed by atoms with Gasteiger partial charge in [0.25, 0.3) is 11.8 Å². The lowest BCUT2D eigenvalue weighted by molar-refractivity contribution is -0.123. The van der Waals surface area contributed by atoms with Gasteiger partial charge in [-0.25, -0.2) is 4.90 Å². The Kier molecular flexibility index (Phi) is 4.47. The van der Waals surface area contributed by atoms with Gasteiger partial charge in [-0.3, -0.25) is 14.4 Å². The molecule has 2 aromatic carbocycles. The van der Waals surface area contributed by atoms with Gasteiger partial charge in [-0.05, 0) is 37.3 Å². The molecule has 0 unspecified atom stereocenters. The second-order valence-corrected chi connectivity index (χ2v) is 6.54. The lowest BCUT2D eigenvalue weighted by Crippen LogP contribution is -2.53. The van der Waals surface area contributed by atoms with Gasteiger partial charge in [0.2, 0.25) is 5.91 Å². The van der Waals surface area contributed by atoms with E-state index < -0.39 is 6.04 Å². The van der Waals surface area contributed by atoms with Crippen molar-refractivity contribution in [2.24, 2.45) is 0 Å². The first kappa shape index (κ1) is 17.4. The van der Waals surface area contributed by atoms with Crippen molar-refractivity contribution >= 4 is 29.1 Å². The van der Waals surface area contributed by atoms with Crippen molar-refractivity contribution in [1.82, 2.24) is 5.32 Å². The molecular weight excluding hydrogens is 346 g/mol. The van der Waals surface area contributed by atoms with Gasteiger partial charge in [0.1, 0.15) is 6.04 Å². The number of nitrogens with zero attached hydrogens (tertiary/aromatic N) is 1. The summed E-state index contributed by atoms with van der Waals surface area (Å²) in [6.07, 6.45) is -0.238. The molecule has 2 aliphatic rings. The number of ether oxygens (including phenoxy) is 1. The fourth-order valence-corrected chi connectivity index (χ4v) is 3.39. The topological polar surface area (TPSA) is 87.7 Å². The predicted molar refractivity (Wildman–Crippen MR) is 99.9 cm³/mol. The summed E-state index contributed by atoms with van der Waals surface area (Å²) in [6.45, 7) is 3.02. The summed E-state index contributed by atoms with van der Waals surface area (Å²) in [5.74, 6) is -0.952. The predicted octanol–water partition coefficient (Wildman–Crippen LogP) is 1.80. The standard InChI is InChI=1S/C20H19N3O4/c1-12-17(21-9-10-27-12)18(24)22-13-5-4-6-14(11-13)23-19(25)15-7-2-3-8-16(15)20(23)26/h2-8,11-12,17,21H,9-10H2,1H3,(H,22,24)/t12-,17+/m1/s1. The zero-order valence-electron chi connectivity index (χ0n) is 14.8. The molecule has 2 N–H and O–H groups in total. The second-order valence-electron chi connectivity index (χ2n) is 6.54. The van der Waals surface area contributed by atoms with Crippen molar-refractivity contribution in [3.63, 3.8) is 0 Å². The Balaban J connectivity index is 1.56. The molecule has 27 heavy (non-hydrogen) atoms.